The van der Waals surface area contributed by atoms with Crippen LogP contribution in [-0.2, 0) is 0 Å². The van der Waals surface area contributed by atoms with E-state index < -0.39 is 0 Å². The van der Waals surface area contributed by atoms with Crippen molar-refractivity contribution >= 4 is 23.0 Å². The van der Waals surface area contributed by atoms with Crippen molar-refractivity contribution in [3.05, 3.63) is 95.6 Å². The van der Waals surface area contributed by atoms with E-state index in [0.717, 1.165) is 45.5 Å². The number of ether oxygens (including phenoxy) is 2. The molecule has 176 valence electrons. The molecule has 1 fully saturated rings. The number of pyridine rings is 1. The Morgan fingerprint density at radius 2 is 1.74 bits per heavy atom. The van der Waals surface area contributed by atoms with Crippen molar-refractivity contribution in [2.24, 2.45) is 0 Å². The average Bonchev–Trinajstić information content (AvgIpc) is 3.55. The van der Waals surface area contributed by atoms with Gasteiger partial charge in [0.25, 0.3) is 0 Å². The molecule has 2 atom stereocenters. The SMILES string of the molecule is Cc1cc([C@@H]2[C@@H](c3ccccn3)NC(=S)N2c2ccc(O)cc2)c(C)n1-c1ccc2c(c1)OCO2. The number of phenolic OH excluding ortho intramolecular Hbond substituents is 1. The number of rotatable bonds is 4. The summed E-state index contributed by atoms with van der Waals surface area (Å²) in [6.07, 6.45) is 1.80. The molecule has 0 radical (unpaired) electrons. The van der Waals surface area contributed by atoms with Crippen molar-refractivity contribution in [2.75, 3.05) is 11.7 Å². The number of nitrogens with one attached hydrogen (secondary N) is 1. The Bertz CT molecular complexity index is 1420. The minimum Gasteiger partial charge on any atom is -0.508 e. The summed E-state index contributed by atoms with van der Waals surface area (Å²) in [5.74, 6) is 1.72. The van der Waals surface area contributed by atoms with Gasteiger partial charge in [0.2, 0.25) is 6.79 Å². The van der Waals surface area contributed by atoms with Gasteiger partial charge in [-0.25, -0.2) is 0 Å². The van der Waals surface area contributed by atoms with Gasteiger partial charge in [0.15, 0.2) is 16.6 Å². The summed E-state index contributed by atoms with van der Waals surface area (Å²) in [6.45, 7) is 4.47. The van der Waals surface area contributed by atoms with Crippen LogP contribution in [0.4, 0.5) is 5.69 Å². The van der Waals surface area contributed by atoms with E-state index in [1.807, 2.05) is 48.5 Å². The molecule has 0 amide bonds. The number of aryl methyl sites for hydroxylation is 1. The largest absolute Gasteiger partial charge is 0.508 e. The van der Waals surface area contributed by atoms with Gasteiger partial charge in [0.1, 0.15) is 5.75 Å². The van der Waals surface area contributed by atoms with Crippen molar-refractivity contribution in [1.29, 1.82) is 0 Å². The van der Waals surface area contributed by atoms with Crippen molar-refractivity contribution in [3.8, 4) is 22.9 Å². The fourth-order valence-corrected chi connectivity index (χ4v) is 5.42. The third-order valence-electron chi connectivity index (χ3n) is 6.63. The van der Waals surface area contributed by atoms with E-state index in [2.05, 4.69) is 39.7 Å². The molecule has 2 aliphatic rings. The Morgan fingerprint density at radius 3 is 2.51 bits per heavy atom. The lowest BCUT2D eigenvalue weighted by Crippen LogP contribution is -2.29. The molecule has 0 unspecified atom stereocenters. The normalized spacial score (nSPS) is 18.7. The van der Waals surface area contributed by atoms with Crippen molar-refractivity contribution < 1.29 is 14.6 Å². The smallest absolute Gasteiger partial charge is 0.231 e. The second-order valence-electron chi connectivity index (χ2n) is 8.71. The first-order chi connectivity index (χ1) is 17.0. The first-order valence-corrected chi connectivity index (χ1v) is 11.8. The van der Waals surface area contributed by atoms with Crippen LogP contribution < -0.4 is 19.7 Å². The van der Waals surface area contributed by atoms with Gasteiger partial charge in [-0.15, -0.1) is 0 Å². The number of fused-ring (bicyclic) bond motifs is 1. The van der Waals surface area contributed by atoms with Gasteiger partial charge in [-0.1, -0.05) is 6.07 Å². The maximum Gasteiger partial charge on any atom is 0.231 e. The standard InChI is InChI=1S/C27H24N4O3S/c1-16-13-21(17(2)30(16)19-8-11-23-24(14-19)34-15-33-23)26-25(22-5-3-4-12-28-22)29-27(35)31(26)18-6-9-20(32)10-7-18/h3-14,25-26,32H,15H2,1-2H3,(H,29,35)/t25-,26-/m1/s1. The Hall–Kier alpha value is -4.04. The molecule has 2 N–H and O–H groups in total. The Balaban J connectivity index is 1.50. The molecular weight excluding hydrogens is 460 g/mol. The maximum atomic E-state index is 9.86. The van der Waals surface area contributed by atoms with E-state index in [1.165, 1.54) is 0 Å². The van der Waals surface area contributed by atoms with E-state index >= 15 is 0 Å². The quantitative estimate of drug-likeness (QED) is 0.391. The zero-order chi connectivity index (χ0) is 24.1. The van der Waals surface area contributed by atoms with Gasteiger partial charge >= 0.3 is 0 Å². The first-order valence-electron chi connectivity index (χ1n) is 11.4. The van der Waals surface area contributed by atoms with E-state index in [-0.39, 0.29) is 24.6 Å². The van der Waals surface area contributed by atoms with Gasteiger partial charge in [-0.2, -0.15) is 0 Å². The second-order valence-corrected chi connectivity index (χ2v) is 9.10. The number of benzene rings is 2. The summed E-state index contributed by atoms with van der Waals surface area (Å²) in [6, 6.07) is 21.0. The molecular formula is C27H24N4O3S. The highest BCUT2D eigenvalue weighted by atomic mass is 32.1. The fraction of sp³-hybridized carbons (Fsp3) is 0.185. The number of nitrogens with zero attached hydrogens (tertiary/aromatic N) is 3. The van der Waals surface area contributed by atoms with Crippen molar-refractivity contribution in [1.82, 2.24) is 14.9 Å². The minimum atomic E-state index is -0.150. The third-order valence-corrected chi connectivity index (χ3v) is 6.94. The molecule has 35 heavy (non-hydrogen) atoms. The zero-order valence-corrected chi connectivity index (χ0v) is 20.1. The predicted molar refractivity (Wildman–Crippen MR) is 137 cm³/mol. The molecule has 2 aromatic heterocycles. The number of phenols is 1. The molecule has 7 nitrogen and oxygen atoms in total. The lowest BCUT2D eigenvalue weighted by molar-refractivity contribution is 0.174. The zero-order valence-electron chi connectivity index (χ0n) is 19.3. The Morgan fingerprint density at radius 1 is 0.971 bits per heavy atom. The fourth-order valence-electron chi connectivity index (χ4n) is 5.07. The Labute approximate surface area is 208 Å². The molecule has 1 saturated heterocycles. The molecule has 0 spiro atoms. The van der Waals surface area contributed by atoms with Crippen LogP contribution in [0.1, 0.15) is 34.7 Å². The number of aromatic nitrogens is 2. The lowest BCUT2D eigenvalue weighted by Gasteiger charge is -2.28. The highest BCUT2D eigenvalue weighted by Crippen LogP contribution is 2.44. The molecule has 0 bridgehead atoms. The number of hydrogen-bond acceptors (Lipinski definition) is 5. The van der Waals surface area contributed by atoms with Crippen LogP contribution in [0.15, 0.2) is 72.9 Å². The summed E-state index contributed by atoms with van der Waals surface area (Å²) in [4.78, 5) is 6.75. The molecule has 6 rings (SSSR count). The summed E-state index contributed by atoms with van der Waals surface area (Å²) >= 11 is 5.83. The summed E-state index contributed by atoms with van der Waals surface area (Å²) in [5.41, 5.74) is 6.15. The van der Waals surface area contributed by atoms with Crippen LogP contribution in [0.3, 0.4) is 0 Å². The monoisotopic (exact) mass is 484 g/mol. The summed E-state index contributed by atoms with van der Waals surface area (Å²) in [7, 11) is 0. The molecule has 0 saturated carbocycles. The first kappa shape index (κ1) is 21.5. The van der Waals surface area contributed by atoms with E-state index in [9.17, 15) is 5.11 Å². The molecule has 2 aliphatic heterocycles. The predicted octanol–water partition coefficient (Wildman–Crippen LogP) is 5.10. The number of anilines is 1. The Kier molecular flexibility index (Phi) is 5.11. The van der Waals surface area contributed by atoms with Gasteiger partial charge in [0.05, 0.1) is 17.8 Å². The molecule has 4 heterocycles. The topological polar surface area (TPSA) is 71.8 Å². The average molecular weight is 485 g/mol. The summed E-state index contributed by atoms with van der Waals surface area (Å²) in [5, 5.41) is 14.0. The molecule has 4 aromatic rings. The molecule has 2 aromatic carbocycles. The minimum absolute atomic E-state index is 0.143. The summed E-state index contributed by atoms with van der Waals surface area (Å²) < 4.78 is 13.3. The highest BCUT2D eigenvalue weighted by Gasteiger charge is 2.42. The van der Waals surface area contributed by atoms with Crippen molar-refractivity contribution in [2.45, 2.75) is 25.9 Å². The van der Waals surface area contributed by atoms with Gasteiger partial charge in [-0.3, -0.25) is 4.98 Å². The van der Waals surface area contributed by atoms with Crippen LogP contribution in [0.2, 0.25) is 0 Å². The number of hydrogen-bond donors (Lipinski definition) is 2. The maximum absolute atomic E-state index is 9.86. The van der Waals surface area contributed by atoms with Crippen LogP contribution in [0.25, 0.3) is 5.69 Å². The van der Waals surface area contributed by atoms with Crippen LogP contribution in [0, 0.1) is 13.8 Å². The van der Waals surface area contributed by atoms with Crippen molar-refractivity contribution in [3.63, 3.8) is 0 Å². The number of aromatic hydroxyl groups is 1. The van der Waals surface area contributed by atoms with Crippen LogP contribution in [-0.4, -0.2) is 26.6 Å². The second kappa shape index (κ2) is 8.32. The van der Waals surface area contributed by atoms with Gasteiger partial charge in [0, 0.05) is 35.0 Å². The van der Waals surface area contributed by atoms with E-state index in [0.29, 0.717) is 5.11 Å². The lowest BCUT2D eigenvalue weighted by atomic mass is 9.96. The van der Waals surface area contributed by atoms with Gasteiger partial charge in [-0.05, 0) is 86.2 Å². The number of thiocarbonyl (C=S) groups is 1. The molecule has 8 heteroatoms. The highest BCUT2D eigenvalue weighted by molar-refractivity contribution is 7.80. The van der Waals surface area contributed by atoms with E-state index in [4.69, 9.17) is 21.7 Å². The van der Waals surface area contributed by atoms with Crippen LogP contribution >= 0.6 is 12.2 Å². The third kappa shape index (κ3) is 3.57. The molecule has 0 aliphatic carbocycles. The van der Waals surface area contributed by atoms with Crippen LogP contribution in [0.5, 0.6) is 17.2 Å². The van der Waals surface area contributed by atoms with Gasteiger partial charge < -0.3 is 29.4 Å². The van der Waals surface area contributed by atoms with E-state index in [1.54, 1.807) is 18.3 Å².